The van der Waals surface area contributed by atoms with Gasteiger partial charge in [0.05, 0.1) is 11.4 Å². The first-order chi connectivity index (χ1) is 28.5. The van der Waals surface area contributed by atoms with Gasteiger partial charge in [0, 0.05) is 39.0 Å². The van der Waals surface area contributed by atoms with Crippen molar-refractivity contribution in [2.24, 2.45) is 0 Å². The molecule has 0 atom stereocenters. The van der Waals surface area contributed by atoms with Crippen LogP contribution in [0.2, 0.25) is 0 Å². The molecule has 2 heteroatoms. The molecule has 0 unspecified atom stereocenters. The zero-order chi connectivity index (χ0) is 40.3. The molecule has 0 N–H and O–H groups in total. The largest absolute Gasteiger partial charge is 0.310 e. The molecule has 59 heavy (non-hydrogen) atoms. The molecule has 0 fully saturated rings. The van der Waals surface area contributed by atoms with Crippen LogP contribution in [0.25, 0.3) is 33.4 Å². The Kier molecular flexibility index (Phi) is 7.63. The van der Waals surface area contributed by atoms with Gasteiger partial charge in [-0.2, -0.15) is 0 Å². The number of fused-ring (bicyclic) bond motifs is 8. The molecule has 2 nitrogen and oxygen atoms in total. The minimum atomic E-state index is -0.300. The van der Waals surface area contributed by atoms with Gasteiger partial charge in [-0.15, -0.1) is 0 Å². The predicted octanol–water partition coefficient (Wildman–Crippen LogP) is 15.5. The van der Waals surface area contributed by atoms with E-state index in [9.17, 15) is 0 Å². The van der Waals surface area contributed by atoms with E-state index in [1.165, 1.54) is 78.1 Å². The highest BCUT2D eigenvalue weighted by Crippen LogP contribution is 2.56. The summed E-state index contributed by atoms with van der Waals surface area (Å²) in [5, 5.41) is 0. The van der Waals surface area contributed by atoms with Crippen molar-refractivity contribution in [2.45, 2.75) is 57.8 Å². The number of anilines is 6. The molecular formula is C57H48N2. The molecule has 1 heterocycles. The van der Waals surface area contributed by atoms with Gasteiger partial charge in [0.25, 0.3) is 0 Å². The molecule has 1 aliphatic heterocycles. The van der Waals surface area contributed by atoms with E-state index in [2.05, 4.69) is 233 Å². The lowest BCUT2D eigenvalue weighted by atomic mass is 9.72. The number of rotatable bonds is 5. The molecule has 8 aromatic rings. The second-order valence-corrected chi connectivity index (χ2v) is 18.2. The van der Waals surface area contributed by atoms with Crippen molar-refractivity contribution in [2.75, 3.05) is 9.80 Å². The third kappa shape index (κ3) is 5.18. The summed E-state index contributed by atoms with van der Waals surface area (Å²) in [5.41, 5.74) is 22.4. The van der Waals surface area contributed by atoms with Crippen LogP contribution < -0.4 is 9.80 Å². The molecule has 0 saturated carbocycles. The standard InChI is InChI=1S/C57H48N2/c1-55(2)47-23-15-13-21-43(47)45-29-26-40(34-49(45)55)58(41-27-30-46-44-22-14-16-24-48(44)56(3,4)50(46)35-41)42-28-32-54-52(36-42)57(5,6)51-33-38(37-17-9-7-10-18-37)25-31-53(51)59(54)39-19-11-8-12-20-39/h7-36H,1-6H3. The minimum Gasteiger partial charge on any atom is -0.310 e. The third-order valence-electron chi connectivity index (χ3n) is 13.8. The molecule has 0 amide bonds. The van der Waals surface area contributed by atoms with Crippen LogP contribution in [0.15, 0.2) is 182 Å². The lowest BCUT2D eigenvalue weighted by Crippen LogP contribution is -2.31. The summed E-state index contributed by atoms with van der Waals surface area (Å²) >= 11 is 0. The molecule has 11 rings (SSSR count). The maximum Gasteiger partial charge on any atom is 0.0504 e. The Morgan fingerprint density at radius 1 is 0.322 bits per heavy atom. The Morgan fingerprint density at radius 2 is 0.729 bits per heavy atom. The van der Waals surface area contributed by atoms with Gasteiger partial charge < -0.3 is 9.80 Å². The topological polar surface area (TPSA) is 6.48 Å². The number of para-hydroxylation sites is 1. The highest BCUT2D eigenvalue weighted by molar-refractivity contribution is 5.92. The van der Waals surface area contributed by atoms with E-state index in [1.54, 1.807) is 0 Å². The zero-order valence-electron chi connectivity index (χ0n) is 34.7. The fourth-order valence-electron chi connectivity index (χ4n) is 10.6. The minimum absolute atomic E-state index is 0.122. The molecule has 0 saturated heterocycles. The van der Waals surface area contributed by atoms with Gasteiger partial charge >= 0.3 is 0 Å². The zero-order valence-corrected chi connectivity index (χ0v) is 34.7. The molecular weight excluding hydrogens is 713 g/mol. The van der Waals surface area contributed by atoms with Crippen molar-refractivity contribution < 1.29 is 0 Å². The summed E-state index contributed by atoms with van der Waals surface area (Å²) in [4.78, 5) is 4.97. The molecule has 0 radical (unpaired) electrons. The van der Waals surface area contributed by atoms with Crippen molar-refractivity contribution in [3.05, 3.63) is 215 Å². The average molecular weight is 761 g/mol. The van der Waals surface area contributed by atoms with Gasteiger partial charge in [-0.1, -0.05) is 157 Å². The van der Waals surface area contributed by atoms with E-state index in [-0.39, 0.29) is 16.2 Å². The normalized spacial score (nSPS) is 15.7. The first-order valence-electron chi connectivity index (χ1n) is 21.0. The van der Waals surface area contributed by atoms with Gasteiger partial charge in [-0.3, -0.25) is 0 Å². The Balaban J connectivity index is 1.13. The predicted molar refractivity (Wildman–Crippen MR) is 248 cm³/mol. The van der Waals surface area contributed by atoms with E-state index in [0.29, 0.717) is 0 Å². The number of hydrogen-bond acceptors (Lipinski definition) is 2. The monoisotopic (exact) mass is 760 g/mol. The van der Waals surface area contributed by atoms with E-state index < -0.39 is 0 Å². The Bertz CT molecular complexity index is 2860. The van der Waals surface area contributed by atoms with Gasteiger partial charge in [-0.05, 0) is 133 Å². The fourth-order valence-corrected chi connectivity index (χ4v) is 10.6. The van der Waals surface area contributed by atoms with E-state index in [4.69, 9.17) is 0 Å². The van der Waals surface area contributed by atoms with E-state index in [1.807, 2.05) is 0 Å². The molecule has 2 aliphatic carbocycles. The highest BCUT2D eigenvalue weighted by atomic mass is 15.2. The van der Waals surface area contributed by atoms with Gasteiger partial charge in [0.1, 0.15) is 0 Å². The van der Waals surface area contributed by atoms with Crippen molar-refractivity contribution in [3.63, 3.8) is 0 Å². The first-order valence-corrected chi connectivity index (χ1v) is 21.0. The van der Waals surface area contributed by atoms with Crippen LogP contribution in [0.5, 0.6) is 0 Å². The Labute approximate surface area is 349 Å². The van der Waals surface area contributed by atoms with Crippen LogP contribution in [0.1, 0.15) is 74.9 Å². The molecule has 286 valence electrons. The average Bonchev–Trinajstić information content (AvgIpc) is 3.63. The second-order valence-electron chi connectivity index (χ2n) is 18.2. The van der Waals surface area contributed by atoms with Crippen LogP contribution in [-0.2, 0) is 16.2 Å². The van der Waals surface area contributed by atoms with E-state index >= 15 is 0 Å². The van der Waals surface area contributed by atoms with E-state index in [0.717, 1.165) is 22.7 Å². The second kappa shape index (κ2) is 12.7. The molecule has 0 spiro atoms. The van der Waals surface area contributed by atoms with Crippen molar-refractivity contribution in [3.8, 4) is 33.4 Å². The van der Waals surface area contributed by atoms with Crippen LogP contribution in [0.4, 0.5) is 34.1 Å². The smallest absolute Gasteiger partial charge is 0.0504 e. The summed E-state index contributed by atoms with van der Waals surface area (Å²) in [7, 11) is 0. The van der Waals surface area contributed by atoms with Crippen LogP contribution in [0.3, 0.4) is 0 Å². The summed E-state index contributed by atoms with van der Waals surface area (Å²) in [5.74, 6) is 0. The summed E-state index contributed by atoms with van der Waals surface area (Å²) in [6.45, 7) is 14.3. The van der Waals surface area contributed by atoms with Crippen LogP contribution >= 0.6 is 0 Å². The summed E-state index contributed by atoms with van der Waals surface area (Å²) in [6.07, 6.45) is 0. The lowest BCUT2D eigenvalue weighted by molar-refractivity contribution is 0.632. The molecule has 0 bridgehead atoms. The molecule has 8 aromatic carbocycles. The van der Waals surface area contributed by atoms with Gasteiger partial charge in [0.15, 0.2) is 0 Å². The highest BCUT2D eigenvalue weighted by Gasteiger charge is 2.40. The third-order valence-corrected chi connectivity index (χ3v) is 13.8. The van der Waals surface area contributed by atoms with Gasteiger partial charge in [0.2, 0.25) is 0 Å². The van der Waals surface area contributed by atoms with Crippen LogP contribution in [-0.4, -0.2) is 0 Å². The molecule has 0 aromatic heterocycles. The SMILES string of the molecule is CC1(C)c2ccccc2-c2ccc(N(c3ccc4c(c3)C(C)(C)c3ccccc3-4)c3ccc4c(c3)C(C)(C)c3cc(-c5ccccc5)ccc3N4c3ccccc3)cc21. The van der Waals surface area contributed by atoms with Crippen molar-refractivity contribution in [1.29, 1.82) is 0 Å². The first kappa shape index (κ1) is 35.5. The number of nitrogens with zero attached hydrogens (tertiary/aromatic N) is 2. The summed E-state index contributed by atoms with van der Waals surface area (Å²) < 4.78 is 0. The maximum atomic E-state index is 2.51. The van der Waals surface area contributed by atoms with Gasteiger partial charge in [-0.25, -0.2) is 0 Å². The number of benzene rings is 8. The van der Waals surface area contributed by atoms with Crippen molar-refractivity contribution in [1.82, 2.24) is 0 Å². The fraction of sp³-hybridized carbons (Fsp3) is 0.158. The Hall–Kier alpha value is -6.64. The quantitative estimate of drug-likeness (QED) is 0.172. The lowest BCUT2D eigenvalue weighted by Gasteiger charge is -2.43. The number of hydrogen-bond donors (Lipinski definition) is 0. The Morgan fingerprint density at radius 3 is 1.29 bits per heavy atom. The van der Waals surface area contributed by atoms with Crippen molar-refractivity contribution >= 4 is 34.1 Å². The maximum absolute atomic E-state index is 2.51. The van der Waals surface area contributed by atoms with Crippen LogP contribution in [0, 0.1) is 0 Å². The molecule has 3 aliphatic rings. The summed E-state index contributed by atoms with van der Waals surface area (Å²) in [6, 6.07) is 68.0.